The molecule has 0 bridgehead atoms. The Kier molecular flexibility index (Phi) is 3.20. The van der Waals surface area contributed by atoms with Gasteiger partial charge in [0.15, 0.2) is 5.78 Å². The minimum Gasteiger partial charge on any atom is -0.295 e. The summed E-state index contributed by atoms with van der Waals surface area (Å²) >= 11 is 0. The van der Waals surface area contributed by atoms with E-state index in [4.69, 9.17) is 0 Å². The molecule has 0 heterocycles. The molecule has 0 radical (unpaired) electrons. The number of rotatable bonds is 2. The Morgan fingerprint density at radius 2 is 1.83 bits per heavy atom. The van der Waals surface area contributed by atoms with Crippen LogP contribution in [0.4, 0.5) is 4.39 Å². The lowest BCUT2D eigenvalue weighted by Crippen LogP contribution is -2.22. The Balaban J connectivity index is 2.29. The first-order valence-electron chi connectivity index (χ1n) is 6.06. The molecule has 1 aliphatic carbocycles. The third-order valence-electron chi connectivity index (χ3n) is 3.24. The highest BCUT2D eigenvalue weighted by Gasteiger charge is 2.28. The van der Waals surface area contributed by atoms with Gasteiger partial charge >= 0.3 is 0 Å². The minimum atomic E-state index is -0.263. The second-order valence-electron chi connectivity index (χ2n) is 5.64. The van der Waals surface area contributed by atoms with Gasteiger partial charge in [0.05, 0.1) is 0 Å². The Bertz CT molecular complexity index is 521. The van der Waals surface area contributed by atoms with Gasteiger partial charge in [0.25, 0.3) is 0 Å². The summed E-state index contributed by atoms with van der Waals surface area (Å²) in [5.41, 5.74) is 2.62. The lowest BCUT2D eigenvalue weighted by molar-refractivity contribution is -0.116. The third-order valence-corrected chi connectivity index (χ3v) is 3.24. The number of hydrogen-bond donors (Lipinski definition) is 0. The number of carbonyl (C=O) groups excluding carboxylic acids is 1. The first-order chi connectivity index (χ1) is 8.37. The molecule has 0 atom stereocenters. The Morgan fingerprint density at radius 1 is 1.22 bits per heavy atom. The molecule has 2 heteroatoms. The van der Waals surface area contributed by atoms with Crippen molar-refractivity contribution in [1.82, 2.24) is 0 Å². The quantitative estimate of drug-likeness (QED) is 0.763. The highest BCUT2D eigenvalue weighted by Crippen LogP contribution is 2.38. The van der Waals surface area contributed by atoms with E-state index in [-0.39, 0.29) is 17.0 Å². The zero-order chi connectivity index (χ0) is 13.3. The molecule has 0 N–H and O–H groups in total. The number of carbonyl (C=O) groups is 1. The van der Waals surface area contributed by atoms with Crippen LogP contribution in [0.25, 0.3) is 5.57 Å². The van der Waals surface area contributed by atoms with Gasteiger partial charge in [0.1, 0.15) is 5.82 Å². The van der Waals surface area contributed by atoms with Crippen LogP contribution in [0.15, 0.2) is 42.5 Å². The van der Waals surface area contributed by atoms with Crippen LogP contribution in [-0.4, -0.2) is 5.78 Å². The SMILES string of the molecule is C=C(C1=CC(=O)CC(C)(C)C1)c1ccc(F)cc1. The molecule has 2 rings (SSSR count). The van der Waals surface area contributed by atoms with Crippen LogP contribution in [0, 0.1) is 11.2 Å². The van der Waals surface area contributed by atoms with Crippen LogP contribution in [-0.2, 0) is 4.79 Å². The van der Waals surface area contributed by atoms with Crippen LogP contribution >= 0.6 is 0 Å². The topological polar surface area (TPSA) is 17.1 Å². The van der Waals surface area contributed by atoms with Gasteiger partial charge in [-0.3, -0.25) is 4.79 Å². The summed E-state index contributed by atoms with van der Waals surface area (Å²) in [4.78, 5) is 11.7. The summed E-state index contributed by atoms with van der Waals surface area (Å²) in [5, 5.41) is 0. The lowest BCUT2D eigenvalue weighted by atomic mass is 9.74. The van der Waals surface area contributed by atoms with E-state index >= 15 is 0 Å². The second kappa shape index (κ2) is 4.52. The highest BCUT2D eigenvalue weighted by atomic mass is 19.1. The molecule has 18 heavy (non-hydrogen) atoms. The van der Waals surface area contributed by atoms with Gasteiger partial charge in [0.2, 0.25) is 0 Å². The summed E-state index contributed by atoms with van der Waals surface area (Å²) in [6, 6.07) is 6.23. The van der Waals surface area contributed by atoms with Crippen molar-refractivity contribution in [1.29, 1.82) is 0 Å². The molecule has 0 saturated carbocycles. The summed E-state index contributed by atoms with van der Waals surface area (Å²) < 4.78 is 12.9. The van der Waals surface area contributed by atoms with E-state index in [1.54, 1.807) is 18.2 Å². The summed E-state index contributed by atoms with van der Waals surface area (Å²) in [7, 11) is 0. The van der Waals surface area contributed by atoms with Crippen molar-refractivity contribution >= 4 is 11.4 Å². The summed E-state index contributed by atoms with van der Waals surface area (Å²) in [6.07, 6.45) is 3.08. The van der Waals surface area contributed by atoms with Crippen LogP contribution in [0.3, 0.4) is 0 Å². The van der Waals surface area contributed by atoms with Crippen molar-refractivity contribution in [2.24, 2.45) is 5.41 Å². The predicted octanol–water partition coefficient (Wildman–Crippen LogP) is 4.15. The lowest BCUT2D eigenvalue weighted by Gasteiger charge is -2.29. The van der Waals surface area contributed by atoms with Gasteiger partial charge < -0.3 is 0 Å². The van der Waals surface area contributed by atoms with E-state index in [1.807, 2.05) is 0 Å². The molecule has 0 saturated heterocycles. The number of halogens is 1. The fourth-order valence-corrected chi connectivity index (χ4v) is 2.38. The van der Waals surface area contributed by atoms with Crippen molar-refractivity contribution in [2.45, 2.75) is 26.7 Å². The Morgan fingerprint density at radius 3 is 2.39 bits per heavy atom. The zero-order valence-corrected chi connectivity index (χ0v) is 10.8. The van der Waals surface area contributed by atoms with E-state index in [2.05, 4.69) is 20.4 Å². The molecule has 0 aliphatic heterocycles. The Labute approximate surface area is 107 Å². The van der Waals surface area contributed by atoms with Crippen LogP contribution in [0.5, 0.6) is 0 Å². The van der Waals surface area contributed by atoms with E-state index in [1.165, 1.54) is 12.1 Å². The smallest absolute Gasteiger partial charge is 0.156 e. The van der Waals surface area contributed by atoms with Crippen molar-refractivity contribution in [3.05, 3.63) is 53.9 Å². The first-order valence-corrected chi connectivity index (χ1v) is 6.06. The molecular weight excluding hydrogens is 227 g/mol. The molecule has 1 aromatic carbocycles. The monoisotopic (exact) mass is 244 g/mol. The molecule has 1 nitrogen and oxygen atoms in total. The van der Waals surface area contributed by atoms with Crippen molar-refractivity contribution in [3.63, 3.8) is 0 Å². The molecule has 0 amide bonds. The first kappa shape index (κ1) is 12.7. The molecule has 0 spiro atoms. The van der Waals surface area contributed by atoms with Crippen molar-refractivity contribution < 1.29 is 9.18 Å². The van der Waals surface area contributed by atoms with Crippen LogP contribution in [0.1, 0.15) is 32.3 Å². The zero-order valence-electron chi connectivity index (χ0n) is 10.8. The average molecular weight is 244 g/mol. The highest BCUT2D eigenvalue weighted by molar-refractivity contribution is 5.96. The largest absolute Gasteiger partial charge is 0.295 e. The van der Waals surface area contributed by atoms with E-state index in [0.29, 0.717) is 6.42 Å². The molecule has 0 unspecified atom stereocenters. The molecule has 0 fully saturated rings. The van der Waals surface area contributed by atoms with Gasteiger partial charge in [0, 0.05) is 6.42 Å². The van der Waals surface area contributed by atoms with E-state index < -0.39 is 0 Å². The molecule has 1 aliphatic rings. The van der Waals surface area contributed by atoms with Gasteiger partial charge in [-0.1, -0.05) is 32.6 Å². The number of allylic oxidation sites excluding steroid dienone is 3. The number of ketones is 1. The molecule has 0 aromatic heterocycles. The van der Waals surface area contributed by atoms with Crippen molar-refractivity contribution in [3.8, 4) is 0 Å². The molecule has 94 valence electrons. The normalized spacial score (nSPS) is 18.4. The number of benzene rings is 1. The number of hydrogen-bond acceptors (Lipinski definition) is 1. The fraction of sp³-hybridized carbons (Fsp3) is 0.312. The maximum atomic E-state index is 12.9. The van der Waals surface area contributed by atoms with Gasteiger partial charge in [-0.05, 0) is 46.8 Å². The average Bonchev–Trinajstić information content (AvgIpc) is 2.26. The van der Waals surface area contributed by atoms with E-state index in [9.17, 15) is 9.18 Å². The second-order valence-corrected chi connectivity index (χ2v) is 5.64. The Hall–Kier alpha value is -1.70. The van der Waals surface area contributed by atoms with Gasteiger partial charge in [-0.15, -0.1) is 0 Å². The maximum absolute atomic E-state index is 12.9. The van der Waals surface area contributed by atoms with Gasteiger partial charge in [-0.2, -0.15) is 0 Å². The summed E-state index contributed by atoms with van der Waals surface area (Å²) in [6.45, 7) is 8.19. The van der Waals surface area contributed by atoms with Gasteiger partial charge in [-0.25, -0.2) is 4.39 Å². The van der Waals surface area contributed by atoms with E-state index in [0.717, 1.165) is 23.1 Å². The van der Waals surface area contributed by atoms with Crippen LogP contribution < -0.4 is 0 Å². The standard InChI is InChI=1S/C16H17FO/c1-11(12-4-6-14(17)7-5-12)13-8-15(18)10-16(2,3)9-13/h4-8H,1,9-10H2,2-3H3. The predicted molar refractivity (Wildman–Crippen MR) is 71.5 cm³/mol. The third kappa shape index (κ3) is 2.76. The molecular formula is C16H17FO. The fourth-order valence-electron chi connectivity index (χ4n) is 2.38. The van der Waals surface area contributed by atoms with Crippen molar-refractivity contribution in [2.75, 3.05) is 0 Å². The summed E-state index contributed by atoms with van der Waals surface area (Å²) in [5.74, 6) is -0.120. The maximum Gasteiger partial charge on any atom is 0.156 e. The van der Waals surface area contributed by atoms with Crippen LogP contribution in [0.2, 0.25) is 0 Å². The molecule has 1 aromatic rings. The minimum absolute atomic E-state index is 0.0237.